The van der Waals surface area contributed by atoms with Gasteiger partial charge in [0.25, 0.3) is 5.91 Å². The average Bonchev–Trinajstić information content (AvgIpc) is 2.46. The summed E-state index contributed by atoms with van der Waals surface area (Å²) < 4.78 is 42.6. The quantitative estimate of drug-likeness (QED) is 0.895. The number of amides is 1. The van der Waals surface area contributed by atoms with Gasteiger partial charge in [-0.25, -0.2) is 0 Å². The Morgan fingerprint density at radius 3 is 2.76 bits per heavy atom. The average molecular weight is 304 g/mol. The lowest BCUT2D eigenvalue weighted by Gasteiger charge is -2.37. The second kappa shape index (κ2) is 5.98. The molecule has 1 saturated heterocycles. The van der Waals surface area contributed by atoms with Gasteiger partial charge in [0, 0.05) is 12.7 Å². The SMILES string of the molecule is CC1COC(CO)CN1C(=O)c1ccc(C(F)(F)F)nc1. The standard InChI is InChI=1S/C13H15F3N2O3/c1-8-7-21-10(6-19)5-18(8)12(20)9-2-3-11(17-4-9)13(14,15)16/h2-4,8,10,19H,5-7H2,1H3. The molecule has 2 heterocycles. The number of ether oxygens (including phenoxy) is 1. The monoisotopic (exact) mass is 304 g/mol. The molecule has 1 aromatic rings. The number of aromatic nitrogens is 1. The van der Waals surface area contributed by atoms with Crippen molar-refractivity contribution >= 4 is 5.91 Å². The van der Waals surface area contributed by atoms with E-state index in [4.69, 9.17) is 9.84 Å². The fourth-order valence-electron chi connectivity index (χ4n) is 2.06. The molecule has 2 unspecified atom stereocenters. The second-order valence-corrected chi connectivity index (χ2v) is 4.87. The first-order valence-electron chi connectivity index (χ1n) is 6.39. The maximum absolute atomic E-state index is 12.4. The number of pyridine rings is 1. The van der Waals surface area contributed by atoms with Crippen LogP contribution in [0.2, 0.25) is 0 Å². The van der Waals surface area contributed by atoms with Crippen LogP contribution in [0.1, 0.15) is 23.0 Å². The zero-order valence-electron chi connectivity index (χ0n) is 11.3. The number of halogens is 3. The van der Waals surface area contributed by atoms with Crippen LogP contribution in [0.3, 0.4) is 0 Å². The number of alkyl halides is 3. The molecular weight excluding hydrogens is 289 g/mol. The number of hydrogen-bond acceptors (Lipinski definition) is 4. The lowest BCUT2D eigenvalue weighted by molar-refractivity contribution is -0.141. The van der Waals surface area contributed by atoms with Crippen LogP contribution in [0.15, 0.2) is 18.3 Å². The molecule has 1 aliphatic rings. The summed E-state index contributed by atoms with van der Waals surface area (Å²) in [6.07, 6.45) is -4.09. The predicted octanol–water partition coefficient (Wildman–Crippen LogP) is 1.32. The molecule has 1 fully saturated rings. The molecular formula is C13H15F3N2O3. The number of carbonyl (C=O) groups is 1. The summed E-state index contributed by atoms with van der Waals surface area (Å²) in [5.41, 5.74) is -0.962. The zero-order chi connectivity index (χ0) is 15.6. The highest BCUT2D eigenvalue weighted by Gasteiger charge is 2.33. The number of carbonyl (C=O) groups excluding carboxylic acids is 1. The summed E-state index contributed by atoms with van der Waals surface area (Å²) >= 11 is 0. The smallest absolute Gasteiger partial charge is 0.394 e. The van der Waals surface area contributed by atoms with Gasteiger partial charge in [-0.1, -0.05) is 0 Å². The minimum atomic E-state index is -4.53. The summed E-state index contributed by atoms with van der Waals surface area (Å²) in [4.78, 5) is 17.0. The molecule has 2 atom stereocenters. The summed E-state index contributed by atoms with van der Waals surface area (Å²) in [5.74, 6) is -0.425. The van der Waals surface area contributed by atoms with Gasteiger partial charge in [0.05, 0.1) is 30.9 Å². The van der Waals surface area contributed by atoms with E-state index in [9.17, 15) is 18.0 Å². The number of aliphatic hydroxyl groups excluding tert-OH is 1. The fraction of sp³-hybridized carbons (Fsp3) is 0.538. The van der Waals surface area contributed by atoms with Crippen LogP contribution >= 0.6 is 0 Å². The van der Waals surface area contributed by atoms with Crippen LogP contribution in [0.5, 0.6) is 0 Å². The summed E-state index contributed by atoms with van der Waals surface area (Å²) in [6, 6.07) is 1.67. The second-order valence-electron chi connectivity index (χ2n) is 4.87. The molecule has 5 nitrogen and oxygen atoms in total. The Labute approximate surface area is 119 Å². The highest BCUT2D eigenvalue weighted by molar-refractivity contribution is 5.94. The van der Waals surface area contributed by atoms with Crippen molar-refractivity contribution in [2.45, 2.75) is 25.2 Å². The van der Waals surface area contributed by atoms with Crippen LogP contribution in [0, 0.1) is 0 Å². The van der Waals surface area contributed by atoms with E-state index in [-0.39, 0.29) is 31.4 Å². The molecule has 21 heavy (non-hydrogen) atoms. The molecule has 8 heteroatoms. The van der Waals surface area contributed by atoms with Gasteiger partial charge < -0.3 is 14.7 Å². The van der Waals surface area contributed by atoms with Crippen LogP contribution in [-0.2, 0) is 10.9 Å². The van der Waals surface area contributed by atoms with Crippen LogP contribution in [0.25, 0.3) is 0 Å². The van der Waals surface area contributed by atoms with Crippen LogP contribution < -0.4 is 0 Å². The van der Waals surface area contributed by atoms with Gasteiger partial charge in [0.1, 0.15) is 5.69 Å². The third-order valence-electron chi connectivity index (χ3n) is 3.27. The molecule has 1 amide bonds. The lowest BCUT2D eigenvalue weighted by Crippen LogP contribution is -2.52. The van der Waals surface area contributed by atoms with Gasteiger partial charge in [-0.3, -0.25) is 9.78 Å². The molecule has 1 N–H and O–H groups in total. The highest BCUT2D eigenvalue weighted by atomic mass is 19.4. The number of nitrogens with zero attached hydrogens (tertiary/aromatic N) is 2. The first-order valence-corrected chi connectivity index (χ1v) is 6.39. The van der Waals surface area contributed by atoms with Crippen molar-refractivity contribution in [3.63, 3.8) is 0 Å². The summed E-state index contributed by atoms with van der Waals surface area (Å²) in [6.45, 7) is 2.01. The van der Waals surface area contributed by atoms with E-state index >= 15 is 0 Å². The predicted molar refractivity (Wildman–Crippen MR) is 66.6 cm³/mol. The van der Waals surface area contributed by atoms with Crippen molar-refractivity contribution in [3.05, 3.63) is 29.6 Å². The molecule has 2 rings (SSSR count). The third kappa shape index (κ3) is 3.51. The molecule has 116 valence electrons. The first kappa shape index (κ1) is 15.7. The lowest BCUT2D eigenvalue weighted by atomic mass is 10.1. The number of aliphatic hydroxyl groups is 1. The van der Waals surface area contributed by atoms with E-state index in [1.165, 1.54) is 4.90 Å². The van der Waals surface area contributed by atoms with Crippen molar-refractivity contribution in [2.24, 2.45) is 0 Å². The van der Waals surface area contributed by atoms with Gasteiger partial charge in [-0.15, -0.1) is 0 Å². The number of hydrogen-bond donors (Lipinski definition) is 1. The van der Waals surface area contributed by atoms with Gasteiger partial charge in [0.15, 0.2) is 0 Å². The molecule has 1 aliphatic heterocycles. The van der Waals surface area contributed by atoms with Crippen molar-refractivity contribution in [3.8, 4) is 0 Å². The zero-order valence-corrected chi connectivity index (χ0v) is 11.3. The van der Waals surface area contributed by atoms with Crippen molar-refractivity contribution in [1.82, 2.24) is 9.88 Å². The van der Waals surface area contributed by atoms with Crippen LogP contribution in [0.4, 0.5) is 13.2 Å². The molecule has 0 spiro atoms. The van der Waals surface area contributed by atoms with Crippen molar-refractivity contribution in [1.29, 1.82) is 0 Å². The van der Waals surface area contributed by atoms with Gasteiger partial charge in [0.2, 0.25) is 0 Å². The highest BCUT2D eigenvalue weighted by Crippen LogP contribution is 2.27. The van der Waals surface area contributed by atoms with Crippen LogP contribution in [-0.4, -0.2) is 52.8 Å². The Morgan fingerprint density at radius 1 is 1.52 bits per heavy atom. The van der Waals surface area contributed by atoms with E-state index in [2.05, 4.69) is 4.98 Å². The van der Waals surface area contributed by atoms with Gasteiger partial charge in [-0.05, 0) is 19.1 Å². The van der Waals surface area contributed by atoms with E-state index in [0.29, 0.717) is 0 Å². The topological polar surface area (TPSA) is 62.7 Å². The van der Waals surface area contributed by atoms with E-state index in [1.54, 1.807) is 6.92 Å². The molecule has 0 bridgehead atoms. The van der Waals surface area contributed by atoms with E-state index < -0.39 is 23.9 Å². The van der Waals surface area contributed by atoms with E-state index in [0.717, 1.165) is 18.3 Å². The number of morpholine rings is 1. The molecule has 0 aromatic carbocycles. The maximum atomic E-state index is 12.4. The maximum Gasteiger partial charge on any atom is 0.433 e. The molecule has 1 aromatic heterocycles. The van der Waals surface area contributed by atoms with Gasteiger partial charge in [-0.2, -0.15) is 13.2 Å². The normalized spacial score (nSPS) is 23.2. The number of rotatable bonds is 2. The fourth-order valence-corrected chi connectivity index (χ4v) is 2.06. The minimum absolute atomic E-state index is 0.0773. The third-order valence-corrected chi connectivity index (χ3v) is 3.27. The summed E-state index contributed by atoms with van der Waals surface area (Å²) in [5, 5.41) is 9.07. The minimum Gasteiger partial charge on any atom is -0.394 e. The Kier molecular flexibility index (Phi) is 4.48. The first-order chi connectivity index (χ1) is 9.82. The molecule has 0 radical (unpaired) electrons. The van der Waals surface area contributed by atoms with Crippen molar-refractivity contribution in [2.75, 3.05) is 19.8 Å². The summed E-state index contributed by atoms with van der Waals surface area (Å²) in [7, 11) is 0. The molecule has 0 aliphatic carbocycles. The van der Waals surface area contributed by atoms with E-state index in [1.807, 2.05) is 0 Å². The van der Waals surface area contributed by atoms with Crippen molar-refractivity contribution < 1.29 is 27.8 Å². The molecule has 0 saturated carbocycles. The Balaban J connectivity index is 2.15. The Morgan fingerprint density at radius 2 is 2.24 bits per heavy atom. The Bertz CT molecular complexity index is 504. The Hall–Kier alpha value is -1.67. The van der Waals surface area contributed by atoms with Gasteiger partial charge >= 0.3 is 6.18 Å². The largest absolute Gasteiger partial charge is 0.433 e.